The number of aryl methyl sites for hydroxylation is 1. The Morgan fingerprint density at radius 1 is 1.43 bits per heavy atom. The van der Waals surface area contributed by atoms with Crippen molar-refractivity contribution in [3.63, 3.8) is 0 Å². The second-order valence-corrected chi connectivity index (χ2v) is 3.39. The molecule has 0 saturated heterocycles. The number of nitrogens with zero attached hydrogens (tertiary/aromatic N) is 3. The Kier molecular flexibility index (Phi) is 3.13. The third kappa shape index (κ3) is 3.35. The maximum atomic E-state index is 11.8. The largest absolute Gasteiger partial charge is 0.390 e. The van der Waals surface area contributed by atoms with Crippen molar-refractivity contribution in [3.8, 4) is 0 Å². The van der Waals surface area contributed by atoms with Gasteiger partial charge in [-0.15, -0.1) is 0 Å². The molecule has 0 radical (unpaired) electrons. The van der Waals surface area contributed by atoms with E-state index in [0.717, 1.165) is 4.80 Å². The second-order valence-electron chi connectivity index (χ2n) is 3.39. The molecule has 0 aliphatic carbocycles. The van der Waals surface area contributed by atoms with Crippen LogP contribution in [0, 0.1) is 0 Å². The van der Waals surface area contributed by atoms with Gasteiger partial charge >= 0.3 is 6.18 Å². The van der Waals surface area contributed by atoms with Gasteiger partial charge in [-0.05, 0) is 5.92 Å². The maximum absolute atomic E-state index is 11.8. The molecule has 0 N–H and O–H groups in total. The van der Waals surface area contributed by atoms with Crippen LogP contribution in [0.4, 0.5) is 13.2 Å². The van der Waals surface area contributed by atoms with Crippen molar-refractivity contribution >= 4 is 0 Å². The summed E-state index contributed by atoms with van der Waals surface area (Å²) in [6, 6.07) is 0. The average Bonchev–Trinajstić information content (AvgIpc) is 2.47. The van der Waals surface area contributed by atoms with Gasteiger partial charge in [0.05, 0.1) is 24.9 Å². The normalized spacial score (nSPS) is 12.4. The Balaban J connectivity index is 2.52. The van der Waals surface area contributed by atoms with Crippen LogP contribution in [0.3, 0.4) is 0 Å². The van der Waals surface area contributed by atoms with Crippen LogP contribution in [0.25, 0.3) is 0 Å². The fourth-order valence-corrected chi connectivity index (χ4v) is 0.910. The van der Waals surface area contributed by atoms with E-state index in [-0.39, 0.29) is 12.5 Å². The quantitative estimate of drug-likeness (QED) is 0.761. The van der Waals surface area contributed by atoms with E-state index in [1.54, 1.807) is 0 Å². The highest BCUT2D eigenvalue weighted by atomic mass is 19.4. The first-order valence-corrected chi connectivity index (χ1v) is 4.35. The van der Waals surface area contributed by atoms with Crippen LogP contribution < -0.4 is 0 Å². The standard InChI is InChI=1S/C8H12F3N3/c1-6(2)7-5-12-14(13-7)4-3-8(9,10)11/h5-6H,3-4H2,1-2H3. The zero-order valence-corrected chi connectivity index (χ0v) is 8.04. The molecule has 1 aromatic heterocycles. The van der Waals surface area contributed by atoms with Gasteiger partial charge in [-0.2, -0.15) is 28.2 Å². The molecule has 0 spiro atoms. The topological polar surface area (TPSA) is 30.7 Å². The van der Waals surface area contributed by atoms with Crippen LogP contribution in [0.1, 0.15) is 31.9 Å². The van der Waals surface area contributed by atoms with Crippen molar-refractivity contribution < 1.29 is 13.2 Å². The first-order chi connectivity index (χ1) is 6.38. The number of aromatic nitrogens is 3. The Hall–Kier alpha value is -1.07. The minimum Gasteiger partial charge on any atom is -0.184 e. The van der Waals surface area contributed by atoms with E-state index in [1.807, 2.05) is 13.8 Å². The van der Waals surface area contributed by atoms with Crippen molar-refractivity contribution in [2.75, 3.05) is 0 Å². The van der Waals surface area contributed by atoms with Gasteiger partial charge in [0.2, 0.25) is 0 Å². The highest BCUT2D eigenvalue weighted by Crippen LogP contribution is 2.20. The molecule has 0 aliphatic heterocycles. The SMILES string of the molecule is CC(C)c1cnn(CCC(F)(F)F)n1. The molecular formula is C8H12F3N3. The molecule has 0 fully saturated rings. The minimum atomic E-state index is -4.15. The van der Waals surface area contributed by atoms with E-state index in [1.165, 1.54) is 6.20 Å². The number of alkyl halides is 3. The summed E-state index contributed by atoms with van der Waals surface area (Å²) in [5.74, 6) is 0.189. The van der Waals surface area contributed by atoms with Gasteiger partial charge < -0.3 is 0 Å². The van der Waals surface area contributed by atoms with Crippen LogP contribution in [0.15, 0.2) is 6.20 Å². The predicted molar refractivity (Wildman–Crippen MR) is 44.8 cm³/mol. The summed E-state index contributed by atoms with van der Waals surface area (Å²) in [6.45, 7) is 3.62. The lowest BCUT2D eigenvalue weighted by molar-refractivity contribution is -0.137. The summed E-state index contributed by atoms with van der Waals surface area (Å²) in [5.41, 5.74) is 0.715. The van der Waals surface area contributed by atoms with E-state index < -0.39 is 12.6 Å². The minimum absolute atomic E-state index is 0.189. The molecule has 1 rings (SSSR count). The monoisotopic (exact) mass is 207 g/mol. The van der Waals surface area contributed by atoms with E-state index in [4.69, 9.17) is 0 Å². The molecule has 80 valence electrons. The van der Waals surface area contributed by atoms with Gasteiger partial charge in [-0.3, -0.25) is 0 Å². The van der Waals surface area contributed by atoms with E-state index in [9.17, 15) is 13.2 Å². The van der Waals surface area contributed by atoms with Gasteiger partial charge in [-0.25, -0.2) is 0 Å². The molecule has 0 saturated carbocycles. The smallest absolute Gasteiger partial charge is 0.184 e. The molecule has 0 bridgehead atoms. The summed E-state index contributed by atoms with van der Waals surface area (Å²) in [4.78, 5) is 1.09. The van der Waals surface area contributed by atoms with E-state index in [0.29, 0.717) is 5.69 Å². The lowest BCUT2D eigenvalue weighted by atomic mass is 10.2. The average molecular weight is 207 g/mol. The van der Waals surface area contributed by atoms with Crippen LogP contribution in [-0.4, -0.2) is 21.2 Å². The number of halogens is 3. The van der Waals surface area contributed by atoms with Crippen LogP contribution in [0.5, 0.6) is 0 Å². The first kappa shape index (κ1) is 11.0. The van der Waals surface area contributed by atoms with E-state index in [2.05, 4.69) is 10.2 Å². The first-order valence-electron chi connectivity index (χ1n) is 4.35. The van der Waals surface area contributed by atoms with Crippen LogP contribution in [-0.2, 0) is 6.54 Å². The molecular weight excluding hydrogens is 195 g/mol. The summed E-state index contributed by atoms with van der Waals surface area (Å²) in [5, 5.41) is 7.66. The molecule has 0 atom stereocenters. The Bertz CT molecular complexity index is 290. The van der Waals surface area contributed by atoms with Crippen molar-refractivity contribution in [2.45, 2.75) is 38.9 Å². The molecule has 0 unspecified atom stereocenters. The zero-order chi connectivity index (χ0) is 10.8. The van der Waals surface area contributed by atoms with Crippen molar-refractivity contribution in [3.05, 3.63) is 11.9 Å². The molecule has 6 heteroatoms. The number of rotatable bonds is 3. The highest BCUT2D eigenvalue weighted by Gasteiger charge is 2.27. The summed E-state index contributed by atoms with van der Waals surface area (Å²) < 4.78 is 35.5. The van der Waals surface area contributed by atoms with Gasteiger partial charge in [0, 0.05) is 0 Å². The van der Waals surface area contributed by atoms with Crippen LogP contribution in [0.2, 0.25) is 0 Å². The van der Waals surface area contributed by atoms with Gasteiger partial charge in [0.25, 0.3) is 0 Å². The number of hydrogen-bond acceptors (Lipinski definition) is 2. The zero-order valence-electron chi connectivity index (χ0n) is 8.04. The lowest BCUT2D eigenvalue weighted by Gasteiger charge is -2.04. The van der Waals surface area contributed by atoms with Crippen molar-refractivity contribution in [2.24, 2.45) is 0 Å². The molecule has 1 heterocycles. The fourth-order valence-electron chi connectivity index (χ4n) is 0.910. The Morgan fingerprint density at radius 3 is 2.50 bits per heavy atom. The fraction of sp³-hybridized carbons (Fsp3) is 0.750. The number of hydrogen-bond donors (Lipinski definition) is 0. The predicted octanol–water partition coefficient (Wildman–Crippen LogP) is 2.35. The Morgan fingerprint density at radius 2 is 2.07 bits per heavy atom. The van der Waals surface area contributed by atoms with E-state index >= 15 is 0 Å². The third-order valence-corrected chi connectivity index (χ3v) is 1.74. The highest BCUT2D eigenvalue weighted by molar-refractivity contribution is 4.97. The van der Waals surface area contributed by atoms with Crippen LogP contribution >= 0.6 is 0 Å². The van der Waals surface area contributed by atoms with Crippen molar-refractivity contribution in [1.29, 1.82) is 0 Å². The molecule has 0 amide bonds. The van der Waals surface area contributed by atoms with Gasteiger partial charge in [-0.1, -0.05) is 13.8 Å². The van der Waals surface area contributed by atoms with Gasteiger partial charge in [0.1, 0.15) is 0 Å². The molecule has 0 aromatic carbocycles. The summed E-state index contributed by atoms with van der Waals surface area (Å²) in [7, 11) is 0. The second kappa shape index (κ2) is 3.98. The molecule has 0 aliphatic rings. The maximum Gasteiger partial charge on any atom is 0.390 e. The summed E-state index contributed by atoms with van der Waals surface area (Å²) >= 11 is 0. The third-order valence-electron chi connectivity index (χ3n) is 1.74. The molecule has 14 heavy (non-hydrogen) atoms. The molecule has 3 nitrogen and oxygen atoms in total. The lowest BCUT2D eigenvalue weighted by Crippen LogP contribution is -2.14. The Labute approximate surface area is 79.9 Å². The summed E-state index contributed by atoms with van der Waals surface area (Å²) in [6.07, 6.45) is -3.54. The van der Waals surface area contributed by atoms with Gasteiger partial charge in [0.15, 0.2) is 0 Å². The molecule has 1 aromatic rings. The van der Waals surface area contributed by atoms with Crippen molar-refractivity contribution in [1.82, 2.24) is 15.0 Å².